The number of aliphatic hydroxyl groups excluding tert-OH is 1. The first-order chi connectivity index (χ1) is 18.9. The van der Waals surface area contributed by atoms with E-state index in [1.165, 1.54) is 0 Å². The summed E-state index contributed by atoms with van der Waals surface area (Å²) >= 11 is 0. The average molecular weight is 522 g/mol. The van der Waals surface area contributed by atoms with Crippen LogP contribution in [0.2, 0.25) is 0 Å². The molecule has 0 unspecified atom stereocenters. The van der Waals surface area contributed by atoms with E-state index in [9.17, 15) is 18.7 Å². The summed E-state index contributed by atoms with van der Waals surface area (Å²) in [5, 5.41) is 14.5. The second kappa shape index (κ2) is 9.86. The van der Waals surface area contributed by atoms with Gasteiger partial charge in [0.15, 0.2) is 0 Å². The van der Waals surface area contributed by atoms with Crippen molar-refractivity contribution in [2.45, 2.75) is 6.54 Å². The minimum atomic E-state index is -0.880. The third-order valence-corrected chi connectivity index (χ3v) is 6.34. The lowest BCUT2D eigenvalue weighted by Crippen LogP contribution is -2.07. The SMILES string of the molecule is O=C(C(=C(O)c1cc(F)cc(F)c1)c1nc2ccc(NCc3ccc4nc[nH]c4c3)cc2[nH]1)c1ccccc1. The fraction of sp³-hybridized carbons (Fsp3) is 0.0333. The molecule has 192 valence electrons. The fourth-order valence-electron chi connectivity index (χ4n) is 4.43. The molecule has 4 N–H and O–H groups in total. The highest BCUT2D eigenvalue weighted by Crippen LogP contribution is 2.30. The summed E-state index contributed by atoms with van der Waals surface area (Å²) in [5.74, 6) is -2.83. The minimum absolute atomic E-state index is 0.0721. The summed E-state index contributed by atoms with van der Waals surface area (Å²) in [5.41, 5.74) is 4.76. The van der Waals surface area contributed by atoms with E-state index in [4.69, 9.17) is 0 Å². The predicted molar refractivity (Wildman–Crippen MR) is 146 cm³/mol. The van der Waals surface area contributed by atoms with Crippen molar-refractivity contribution in [2.75, 3.05) is 5.32 Å². The molecule has 0 radical (unpaired) electrons. The summed E-state index contributed by atoms with van der Waals surface area (Å²) in [6, 6.07) is 22.3. The highest BCUT2D eigenvalue weighted by atomic mass is 19.1. The Morgan fingerprint density at radius 3 is 2.41 bits per heavy atom. The quantitative estimate of drug-likeness (QED) is 0.107. The summed E-state index contributed by atoms with van der Waals surface area (Å²) < 4.78 is 27.9. The average Bonchev–Trinajstić information content (AvgIpc) is 3.58. The van der Waals surface area contributed by atoms with Crippen LogP contribution >= 0.6 is 0 Å². The van der Waals surface area contributed by atoms with Gasteiger partial charge in [0.05, 0.1) is 28.4 Å². The molecule has 0 fully saturated rings. The second-order valence-electron chi connectivity index (χ2n) is 9.00. The molecule has 0 saturated heterocycles. The molecule has 6 rings (SSSR count). The molecule has 4 aromatic carbocycles. The van der Waals surface area contributed by atoms with Crippen LogP contribution in [-0.4, -0.2) is 30.8 Å². The first kappa shape index (κ1) is 24.1. The zero-order valence-electron chi connectivity index (χ0n) is 20.4. The number of ketones is 1. The van der Waals surface area contributed by atoms with Crippen LogP contribution in [-0.2, 0) is 6.54 Å². The largest absolute Gasteiger partial charge is 0.506 e. The minimum Gasteiger partial charge on any atom is -0.506 e. The van der Waals surface area contributed by atoms with E-state index in [1.807, 2.05) is 30.3 Å². The topological polar surface area (TPSA) is 107 Å². The third-order valence-electron chi connectivity index (χ3n) is 6.34. The van der Waals surface area contributed by atoms with Gasteiger partial charge in [-0.1, -0.05) is 36.4 Å². The van der Waals surface area contributed by atoms with Gasteiger partial charge in [0.1, 0.15) is 28.8 Å². The van der Waals surface area contributed by atoms with E-state index >= 15 is 0 Å². The van der Waals surface area contributed by atoms with Gasteiger partial charge in [0.25, 0.3) is 0 Å². The number of hydrogen-bond acceptors (Lipinski definition) is 5. The molecule has 2 aromatic heterocycles. The maximum atomic E-state index is 14.0. The highest BCUT2D eigenvalue weighted by molar-refractivity contribution is 6.33. The molecule has 0 saturated carbocycles. The molecule has 0 amide bonds. The maximum Gasteiger partial charge on any atom is 0.200 e. The Morgan fingerprint density at radius 1 is 0.846 bits per heavy atom. The number of Topliss-reactive ketones (excluding diaryl/α,β-unsaturated/α-hetero) is 1. The molecule has 0 atom stereocenters. The van der Waals surface area contributed by atoms with E-state index in [0.717, 1.165) is 34.4 Å². The second-order valence-corrected chi connectivity index (χ2v) is 9.00. The number of carbonyl (C=O) groups is 1. The number of aromatic nitrogens is 4. The Bertz CT molecular complexity index is 1850. The molecule has 9 heteroatoms. The van der Waals surface area contributed by atoms with Gasteiger partial charge in [-0.15, -0.1) is 0 Å². The fourth-order valence-corrected chi connectivity index (χ4v) is 4.43. The van der Waals surface area contributed by atoms with Gasteiger partial charge in [-0.25, -0.2) is 18.7 Å². The van der Waals surface area contributed by atoms with Gasteiger partial charge in [0, 0.05) is 29.4 Å². The van der Waals surface area contributed by atoms with E-state index in [1.54, 1.807) is 42.7 Å². The van der Waals surface area contributed by atoms with Crippen LogP contribution in [0.15, 0.2) is 91.3 Å². The number of anilines is 1. The van der Waals surface area contributed by atoms with Crippen molar-refractivity contribution < 1.29 is 18.7 Å². The van der Waals surface area contributed by atoms with E-state index in [0.29, 0.717) is 23.6 Å². The van der Waals surface area contributed by atoms with Gasteiger partial charge in [-0.05, 0) is 48.0 Å². The Labute approximate surface area is 220 Å². The number of fused-ring (bicyclic) bond motifs is 2. The molecule has 0 aliphatic carbocycles. The van der Waals surface area contributed by atoms with Gasteiger partial charge in [-0.2, -0.15) is 0 Å². The van der Waals surface area contributed by atoms with Crippen molar-refractivity contribution in [1.82, 2.24) is 19.9 Å². The summed E-state index contributed by atoms with van der Waals surface area (Å²) in [7, 11) is 0. The number of H-pyrrole nitrogens is 2. The lowest BCUT2D eigenvalue weighted by Gasteiger charge is -2.09. The van der Waals surface area contributed by atoms with Crippen molar-refractivity contribution in [1.29, 1.82) is 0 Å². The van der Waals surface area contributed by atoms with Crippen molar-refractivity contribution in [3.63, 3.8) is 0 Å². The summed E-state index contributed by atoms with van der Waals surface area (Å²) in [6.45, 7) is 0.561. The molecule has 0 aliphatic rings. The van der Waals surface area contributed by atoms with Gasteiger partial charge in [-0.3, -0.25) is 4.79 Å². The van der Waals surface area contributed by atoms with Crippen LogP contribution in [0.3, 0.4) is 0 Å². The Hall–Kier alpha value is -5.31. The van der Waals surface area contributed by atoms with Gasteiger partial charge in [0.2, 0.25) is 5.78 Å². The lowest BCUT2D eigenvalue weighted by atomic mass is 9.98. The summed E-state index contributed by atoms with van der Waals surface area (Å²) in [6.07, 6.45) is 1.65. The monoisotopic (exact) mass is 521 g/mol. The Balaban J connectivity index is 1.37. The maximum absolute atomic E-state index is 14.0. The number of rotatable bonds is 7. The number of aromatic amines is 2. The number of allylic oxidation sites excluding steroid dienone is 1. The zero-order chi connectivity index (χ0) is 26.9. The van der Waals surface area contributed by atoms with Crippen molar-refractivity contribution in [3.8, 4) is 0 Å². The first-order valence-electron chi connectivity index (χ1n) is 12.1. The smallest absolute Gasteiger partial charge is 0.200 e. The van der Waals surface area contributed by atoms with Gasteiger partial charge >= 0.3 is 0 Å². The highest BCUT2D eigenvalue weighted by Gasteiger charge is 2.24. The standard InChI is InChI=1S/C30H21F2N5O2/c31-20-11-19(12-21(32)13-20)29(39)27(28(38)18-4-2-1-3-5-18)30-36-24-9-7-22(14-26(24)37-30)33-15-17-6-8-23-25(10-17)35-16-34-23/h1-14,16,33,39H,15H2,(H,34,35)(H,36,37). The number of carbonyl (C=O) groups excluding carboxylic acids is 1. The van der Waals surface area contributed by atoms with Crippen LogP contribution in [0.25, 0.3) is 33.4 Å². The third kappa shape index (κ3) is 4.85. The van der Waals surface area contributed by atoms with Crippen LogP contribution < -0.4 is 5.32 Å². The molecular formula is C30H21F2N5O2. The van der Waals surface area contributed by atoms with E-state index < -0.39 is 23.2 Å². The molecule has 2 heterocycles. The normalized spacial score (nSPS) is 12.1. The number of benzene rings is 4. The number of imidazole rings is 2. The van der Waals surface area contributed by atoms with Crippen molar-refractivity contribution in [3.05, 3.63) is 125 Å². The molecular weight excluding hydrogens is 500 g/mol. The van der Waals surface area contributed by atoms with E-state index in [2.05, 4.69) is 25.3 Å². The van der Waals surface area contributed by atoms with Crippen LogP contribution in [0, 0.1) is 11.6 Å². The molecule has 6 aromatic rings. The number of aliphatic hydroxyl groups is 1. The number of halogens is 2. The van der Waals surface area contributed by atoms with Gasteiger partial charge < -0.3 is 20.4 Å². The van der Waals surface area contributed by atoms with Crippen LogP contribution in [0.4, 0.5) is 14.5 Å². The first-order valence-corrected chi connectivity index (χ1v) is 12.1. The van der Waals surface area contributed by atoms with Crippen molar-refractivity contribution >= 4 is 44.9 Å². The number of nitrogens with zero attached hydrogens (tertiary/aromatic N) is 2. The Morgan fingerprint density at radius 2 is 1.62 bits per heavy atom. The molecule has 0 aliphatic heterocycles. The van der Waals surface area contributed by atoms with Crippen LogP contribution in [0.5, 0.6) is 0 Å². The molecule has 7 nitrogen and oxygen atoms in total. The number of nitrogens with one attached hydrogen (secondary N) is 3. The van der Waals surface area contributed by atoms with E-state index in [-0.39, 0.29) is 22.5 Å². The lowest BCUT2D eigenvalue weighted by molar-refractivity contribution is 0.105. The predicted octanol–water partition coefficient (Wildman–Crippen LogP) is 6.64. The van der Waals surface area contributed by atoms with Crippen LogP contribution in [0.1, 0.15) is 27.3 Å². The molecule has 0 bridgehead atoms. The molecule has 39 heavy (non-hydrogen) atoms. The summed E-state index contributed by atoms with van der Waals surface area (Å²) in [4.78, 5) is 28.5. The molecule has 0 spiro atoms. The zero-order valence-corrected chi connectivity index (χ0v) is 20.4. The number of hydrogen-bond donors (Lipinski definition) is 4. The Kier molecular flexibility index (Phi) is 6.08. The van der Waals surface area contributed by atoms with Crippen molar-refractivity contribution in [2.24, 2.45) is 0 Å².